The van der Waals surface area contributed by atoms with Crippen molar-refractivity contribution in [3.8, 4) is 40.0 Å². The van der Waals surface area contributed by atoms with Crippen LogP contribution in [0.15, 0.2) is 65.4 Å². The molecule has 0 fully saturated rings. The Morgan fingerprint density at radius 2 is 1.81 bits per heavy atom. The molecule has 27 heavy (non-hydrogen) atoms. The molecule has 0 amide bonds. The molecule has 0 aliphatic heterocycles. The summed E-state index contributed by atoms with van der Waals surface area (Å²) in [6, 6.07) is 15.7. The van der Waals surface area contributed by atoms with Gasteiger partial charge in [0.05, 0.1) is 23.4 Å². The maximum atomic E-state index is 5.75. The number of hydrogen-bond acceptors (Lipinski definition) is 6. The summed E-state index contributed by atoms with van der Waals surface area (Å²) in [7, 11) is 0. The zero-order valence-electron chi connectivity index (χ0n) is 15.1. The standard InChI is InChI=1S/C21H18N4O2/c1-3-26-21-17(10-11-18(23-21)15-8-6-14(2)7-9-15)19-24-20(27-25-19)16-5-4-12-22-13-16/h4-13H,3H2,1-2H3. The highest BCUT2D eigenvalue weighted by Crippen LogP contribution is 2.31. The predicted molar refractivity (Wildman–Crippen MR) is 102 cm³/mol. The minimum Gasteiger partial charge on any atom is -0.477 e. The Morgan fingerprint density at radius 3 is 2.56 bits per heavy atom. The van der Waals surface area contributed by atoms with Crippen molar-refractivity contribution in [2.75, 3.05) is 6.61 Å². The fraction of sp³-hybridized carbons (Fsp3) is 0.143. The molecule has 0 saturated heterocycles. The third-order valence-corrected chi connectivity index (χ3v) is 4.06. The van der Waals surface area contributed by atoms with E-state index in [1.54, 1.807) is 12.4 Å². The van der Waals surface area contributed by atoms with Crippen LogP contribution in [0, 0.1) is 6.92 Å². The summed E-state index contributed by atoms with van der Waals surface area (Å²) >= 11 is 0. The fourth-order valence-corrected chi connectivity index (χ4v) is 2.68. The number of benzene rings is 1. The molecule has 0 unspecified atom stereocenters. The molecule has 0 atom stereocenters. The van der Waals surface area contributed by atoms with Gasteiger partial charge in [-0.3, -0.25) is 4.98 Å². The molecule has 0 N–H and O–H groups in total. The minimum atomic E-state index is 0.406. The maximum absolute atomic E-state index is 5.75. The first-order valence-corrected chi connectivity index (χ1v) is 8.70. The van der Waals surface area contributed by atoms with Crippen LogP contribution in [-0.4, -0.2) is 26.7 Å². The van der Waals surface area contributed by atoms with Gasteiger partial charge in [0, 0.05) is 18.0 Å². The van der Waals surface area contributed by atoms with Gasteiger partial charge in [-0.1, -0.05) is 35.0 Å². The quantitative estimate of drug-likeness (QED) is 0.520. The summed E-state index contributed by atoms with van der Waals surface area (Å²) in [6.45, 7) is 4.47. The Hall–Kier alpha value is -3.54. The molecule has 4 rings (SSSR count). The third kappa shape index (κ3) is 3.55. The molecule has 0 spiro atoms. The lowest BCUT2D eigenvalue weighted by Gasteiger charge is -2.09. The molecular formula is C21H18N4O2. The van der Waals surface area contributed by atoms with Gasteiger partial charge < -0.3 is 9.26 Å². The predicted octanol–water partition coefficient (Wildman–Crippen LogP) is 4.57. The molecule has 0 saturated carbocycles. The molecule has 1 aromatic carbocycles. The van der Waals surface area contributed by atoms with Crippen molar-refractivity contribution in [3.05, 3.63) is 66.5 Å². The van der Waals surface area contributed by atoms with Gasteiger partial charge in [0.25, 0.3) is 5.89 Å². The van der Waals surface area contributed by atoms with Gasteiger partial charge in [0.15, 0.2) is 0 Å². The molecule has 0 radical (unpaired) electrons. The second-order valence-corrected chi connectivity index (χ2v) is 6.01. The summed E-state index contributed by atoms with van der Waals surface area (Å²) in [5.41, 5.74) is 4.51. The van der Waals surface area contributed by atoms with Crippen LogP contribution in [0.25, 0.3) is 34.1 Å². The highest BCUT2D eigenvalue weighted by atomic mass is 16.5. The van der Waals surface area contributed by atoms with Gasteiger partial charge in [0.1, 0.15) is 0 Å². The van der Waals surface area contributed by atoms with Gasteiger partial charge in [-0.2, -0.15) is 4.98 Å². The molecule has 4 aromatic rings. The third-order valence-electron chi connectivity index (χ3n) is 4.06. The molecule has 6 nitrogen and oxygen atoms in total. The van der Waals surface area contributed by atoms with E-state index in [2.05, 4.69) is 39.2 Å². The number of hydrogen-bond donors (Lipinski definition) is 0. The normalized spacial score (nSPS) is 10.7. The first kappa shape index (κ1) is 16.9. The number of nitrogens with zero attached hydrogens (tertiary/aromatic N) is 4. The van der Waals surface area contributed by atoms with E-state index >= 15 is 0 Å². The highest BCUT2D eigenvalue weighted by molar-refractivity contribution is 5.69. The lowest BCUT2D eigenvalue weighted by molar-refractivity contribution is 0.328. The molecular weight excluding hydrogens is 340 g/mol. The molecule has 6 heteroatoms. The van der Waals surface area contributed by atoms with Crippen molar-refractivity contribution in [2.45, 2.75) is 13.8 Å². The zero-order valence-corrected chi connectivity index (χ0v) is 15.1. The molecule has 134 valence electrons. The van der Waals surface area contributed by atoms with E-state index in [0.717, 1.165) is 16.8 Å². The summed E-state index contributed by atoms with van der Waals surface area (Å²) < 4.78 is 11.1. The van der Waals surface area contributed by atoms with Gasteiger partial charge in [0.2, 0.25) is 11.7 Å². The Kier molecular flexibility index (Phi) is 4.61. The first-order chi connectivity index (χ1) is 13.2. The van der Waals surface area contributed by atoms with E-state index < -0.39 is 0 Å². The fourth-order valence-electron chi connectivity index (χ4n) is 2.68. The lowest BCUT2D eigenvalue weighted by Crippen LogP contribution is -1.99. The maximum Gasteiger partial charge on any atom is 0.259 e. The molecule has 0 aliphatic carbocycles. The van der Waals surface area contributed by atoms with Gasteiger partial charge in [-0.05, 0) is 38.1 Å². The molecule has 0 aliphatic rings. The van der Waals surface area contributed by atoms with Crippen LogP contribution >= 0.6 is 0 Å². The SMILES string of the molecule is CCOc1nc(-c2ccc(C)cc2)ccc1-c1noc(-c2cccnc2)n1. The number of ether oxygens (including phenoxy) is 1. The Labute approximate surface area is 156 Å². The summed E-state index contributed by atoms with van der Waals surface area (Å²) in [6.07, 6.45) is 3.38. The Balaban J connectivity index is 1.72. The van der Waals surface area contributed by atoms with Gasteiger partial charge >= 0.3 is 0 Å². The number of aromatic nitrogens is 4. The van der Waals surface area contributed by atoms with Crippen molar-refractivity contribution in [3.63, 3.8) is 0 Å². The van der Waals surface area contributed by atoms with Gasteiger partial charge in [-0.15, -0.1) is 0 Å². The summed E-state index contributed by atoms with van der Waals surface area (Å²) in [5, 5.41) is 4.09. The van der Waals surface area contributed by atoms with Crippen LogP contribution in [0.5, 0.6) is 5.88 Å². The van der Waals surface area contributed by atoms with Crippen molar-refractivity contribution in [2.24, 2.45) is 0 Å². The molecule has 0 bridgehead atoms. The summed E-state index contributed by atoms with van der Waals surface area (Å²) in [5.74, 6) is 1.32. The first-order valence-electron chi connectivity index (χ1n) is 8.70. The van der Waals surface area contributed by atoms with Crippen LogP contribution in [-0.2, 0) is 0 Å². The number of rotatable bonds is 5. The number of aryl methyl sites for hydroxylation is 1. The van der Waals surface area contributed by atoms with Crippen LogP contribution in [0.1, 0.15) is 12.5 Å². The zero-order chi connectivity index (χ0) is 18.6. The largest absolute Gasteiger partial charge is 0.477 e. The lowest BCUT2D eigenvalue weighted by atomic mass is 10.1. The Bertz CT molecular complexity index is 1040. The van der Waals surface area contributed by atoms with E-state index in [-0.39, 0.29) is 0 Å². The molecule has 3 aromatic heterocycles. The second kappa shape index (κ2) is 7.37. The van der Waals surface area contributed by atoms with Crippen LogP contribution in [0.3, 0.4) is 0 Å². The van der Waals surface area contributed by atoms with E-state index in [1.807, 2.05) is 43.3 Å². The van der Waals surface area contributed by atoms with E-state index in [9.17, 15) is 0 Å². The Morgan fingerprint density at radius 1 is 0.963 bits per heavy atom. The van der Waals surface area contributed by atoms with Crippen LogP contribution in [0.4, 0.5) is 0 Å². The van der Waals surface area contributed by atoms with Crippen molar-refractivity contribution < 1.29 is 9.26 Å². The second-order valence-electron chi connectivity index (χ2n) is 6.01. The van der Waals surface area contributed by atoms with Gasteiger partial charge in [-0.25, -0.2) is 4.98 Å². The van der Waals surface area contributed by atoms with E-state index in [0.29, 0.717) is 29.8 Å². The van der Waals surface area contributed by atoms with Crippen LogP contribution < -0.4 is 4.74 Å². The smallest absolute Gasteiger partial charge is 0.259 e. The minimum absolute atomic E-state index is 0.406. The highest BCUT2D eigenvalue weighted by Gasteiger charge is 2.17. The topological polar surface area (TPSA) is 73.9 Å². The van der Waals surface area contributed by atoms with Crippen molar-refractivity contribution >= 4 is 0 Å². The van der Waals surface area contributed by atoms with Crippen molar-refractivity contribution in [1.29, 1.82) is 0 Å². The monoisotopic (exact) mass is 358 g/mol. The average molecular weight is 358 g/mol. The van der Waals surface area contributed by atoms with Crippen molar-refractivity contribution in [1.82, 2.24) is 20.1 Å². The van der Waals surface area contributed by atoms with Crippen LogP contribution in [0.2, 0.25) is 0 Å². The summed E-state index contributed by atoms with van der Waals surface area (Å²) in [4.78, 5) is 13.2. The average Bonchev–Trinajstić information content (AvgIpc) is 3.19. The van der Waals surface area contributed by atoms with E-state index in [1.165, 1.54) is 5.56 Å². The molecule has 3 heterocycles. The number of pyridine rings is 2. The van der Waals surface area contributed by atoms with E-state index in [4.69, 9.17) is 9.26 Å².